The summed E-state index contributed by atoms with van der Waals surface area (Å²) >= 11 is 0. The Balaban J connectivity index is 1.68. The van der Waals surface area contributed by atoms with Crippen LogP contribution in [0.1, 0.15) is 37.9 Å². The second-order valence-corrected chi connectivity index (χ2v) is 3.91. The first-order valence-electron chi connectivity index (χ1n) is 5.74. The van der Waals surface area contributed by atoms with Gasteiger partial charge < -0.3 is 9.47 Å². The Labute approximate surface area is 91.2 Å². The minimum absolute atomic E-state index is 0.00394. The summed E-state index contributed by atoms with van der Waals surface area (Å²) in [6.07, 6.45) is 3.79. The number of ether oxygens (including phenoxy) is 2. The molecule has 1 aromatic rings. The van der Waals surface area contributed by atoms with Crippen LogP contribution in [0.4, 0.5) is 0 Å². The molecule has 0 aromatic heterocycles. The molecule has 0 spiro atoms. The first-order chi connectivity index (χ1) is 7.42. The molecule has 0 radical (unpaired) electrons. The molecule has 0 bridgehead atoms. The lowest BCUT2D eigenvalue weighted by Gasteiger charge is -1.99. The fourth-order valence-electron chi connectivity index (χ4n) is 1.66. The summed E-state index contributed by atoms with van der Waals surface area (Å²) in [5.74, 6) is 0. The van der Waals surface area contributed by atoms with Gasteiger partial charge in [-0.1, -0.05) is 50.1 Å². The van der Waals surface area contributed by atoms with E-state index in [-0.39, 0.29) is 12.4 Å². The Morgan fingerprint density at radius 3 is 2.73 bits per heavy atom. The molecule has 1 heterocycles. The predicted molar refractivity (Wildman–Crippen MR) is 59.5 cm³/mol. The topological polar surface area (TPSA) is 21.8 Å². The smallest absolute Gasteiger partial charge is 0.189 e. The number of benzene rings is 1. The van der Waals surface area contributed by atoms with E-state index < -0.39 is 0 Å². The van der Waals surface area contributed by atoms with E-state index in [1.165, 1.54) is 18.4 Å². The zero-order chi connectivity index (χ0) is 10.5. The Hall–Kier alpha value is -0.860. The molecule has 0 amide bonds. The van der Waals surface area contributed by atoms with E-state index in [1.807, 2.05) is 18.2 Å². The minimum atomic E-state index is 0.00394. The molecule has 0 saturated carbocycles. The lowest BCUT2D eigenvalue weighted by molar-refractivity contribution is 0.0480. The molecular formula is C13H18O2. The van der Waals surface area contributed by atoms with Crippen LogP contribution in [-0.4, -0.2) is 12.9 Å². The van der Waals surface area contributed by atoms with Crippen molar-refractivity contribution in [1.29, 1.82) is 0 Å². The Morgan fingerprint density at radius 2 is 2.00 bits per heavy atom. The van der Waals surface area contributed by atoms with Gasteiger partial charge in [0, 0.05) is 6.61 Å². The summed E-state index contributed by atoms with van der Waals surface area (Å²) in [6.45, 7) is 3.02. The Kier molecular flexibility index (Phi) is 3.75. The lowest BCUT2D eigenvalue weighted by atomic mass is 10.2. The summed E-state index contributed by atoms with van der Waals surface area (Å²) in [6, 6.07) is 10.2. The van der Waals surface area contributed by atoms with Crippen molar-refractivity contribution in [3.05, 3.63) is 35.9 Å². The van der Waals surface area contributed by atoms with Crippen LogP contribution >= 0.6 is 0 Å². The first kappa shape index (κ1) is 10.7. The summed E-state index contributed by atoms with van der Waals surface area (Å²) in [7, 11) is 0. The minimum Gasteiger partial charge on any atom is -0.350 e. The highest BCUT2D eigenvalue weighted by Crippen LogP contribution is 2.39. The molecule has 1 aliphatic rings. The maximum Gasteiger partial charge on any atom is 0.189 e. The highest BCUT2D eigenvalue weighted by molar-refractivity contribution is 5.21. The van der Waals surface area contributed by atoms with Gasteiger partial charge >= 0.3 is 0 Å². The van der Waals surface area contributed by atoms with Crippen LogP contribution in [0.2, 0.25) is 0 Å². The lowest BCUT2D eigenvalue weighted by Crippen LogP contribution is -1.99. The molecule has 15 heavy (non-hydrogen) atoms. The fourth-order valence-corrected chi connectivity index (χ4v) is 1.66. The molecule has 2 unspecified atom stereocenters. The van der Waals surface area contributed by atoms with Crippen LogP contribution in [0, 0.1) is 0 Å². The van der Waals surface area contributed by atoms with Crippen LogP contribution < -0.4 is 0 Å². The van der Waals surface area contributed by atoms with Crippen molar-refractivity contribution in [2.75, 3.05) is 6.61 Å². The molecule has 0 aliphatic carbocycles. The molecule has 1 saturated heterocycles. The molecule has 2 rings (SSSR count). The van der Waals surface area contributed by atoms with E-state index in [2.05, 4.69) is 19.1 Å². The summed E-state index contributed by atoms with van der Waals surface area (Å²) in [5, 5.41) is 0. The highest BCUT2D eigenvalue weighted by Gasteiger charge is 2.40. The van der Waals surface area contributed by atoms with Gasteiger partial charge in [0.25, 0.3) is 0 Å². The van der Waals surface area contributed by atoms with E-state index in [1.54, 1.807) is 0 Å². The van der Waals surface area contributed by atoms with Gasteiger partial charge in [0.05, 0.1) is 0 Å². The van der Waals surface area contributed by atoms with Gasteiger partial charge in [0.15, 0.2) is 6.29 Å². The van der Waals surface area contributed by atoms with Crippen molar-refractivity contribution in [3.8, 4) is 0 Å². The van der Waals surface area contributed by atoms with E-state index in [0.717, 1.165) is 13.0 Å². The van der Waals surface area contributed by atoms with Crippen molar-refractivity contribution in [3.63, 3.8) is 0 Å². The number of unbranched alkanes of at least 4 members (excludes halogenated alkanes) is 2. The molecule has 1 aromatic carbocycles. The van der Waals surface area contributed by atoms with Gasteiger partial charge in [-0.25, -0.2) is 0 Å². The largest absolute Gasteiger partial charge is 0.350 e. The van der Waals surface area contributed by atoms with Crippen molar-refractivity contribution < 1.29 is 9.47 Å². The highest BCUT2D eigenvalue weighted by atomic mass is 16.8. The zero-order valence-electron chi connectivity index (χ0n) is 9.19. The normalized spacial score (nSPS) is 24.1. The average molecular weight is 206 g/mol. The number of epoxide rings is 1. The quantitative estimate of drug-likeness (QED) is 0.526. The summed E-state index contributed by atoms with van der Waals surface area (Å²) < 4.78 is 11.1. The zero-order valence-corrected chi connectivity index (χ0v) is 9.19. The van der Waals surface area contributed by atoms with E-state index in [0.29, 0.717) is 0 Å². The Morgan fingerprint density at radius 1 is 1.20 bits per heavy atom. The second-order valence-electron chi connectivity index (χ2n) is 3.91. The van der Waals surface area contributed by atoms with Gasteiger partial charge in [-0.3, -0.25) is 0 Å². The third-order valence-electron chi connectivity index (χ3n) is 2.61. The summed E-state index contributed by atoms with van der Waals surface area (Å²) in [4.78, 5) is 0. The number of hydrogen-bond acceptors (Lipinski definition) is 2. The molecule has 82 valence electrons. The predicted octanol–water partition coefficient (Wildman–Crippen LogP) is 3.29. The molecule has 2 nitrogen and oxygen atoms in total. The molecule has 0 N–H and O–H groups in total. The Bertz CT molecular complexity index is 284. The van der Waals surface area contributed by atoms with Gasteiger partial charge in [-0.05, 0) is 12.0 Å². The van der Waals surface area contributed by atoms with Crippen molar-refractivity contribution in [2.24, 2.45) is 0 Å². The molecular weight excluding hydrogens is 188 g/mol. The van der Waals surface area contributed by atoms with Crippen molar-refractivity contribution >= 4 is 0 Å². The third-order valence-corrected chi connectivity index (χ3v) is 2.61. The first-order valence-corrected chi connectivity index (χ1v) is 5.74. The van der Waals surface area contributed by atoms with Gasteiger partial charge in [0.2, 0.25) is 0 Å². The third kappa shape index (κ3) is 3.05. The average Bonchev–Trinajstić information content (AvgIpc) is 3.05. The van der Waals surface area contributed by atoms with E-state index >= 15 is 0 Å². The SMILES string of the molecule is CCCCCOC1OC1c1ccccc1. The monoisotopic (exact) mass is 206 g/mol. The molecule has 1 aliphatic heterocycles. The van der Waals surface area contributed by atoms with Crippen LogP contribution in [0.25, 0.3) is 0 Å². The van der Waals surface area contributed by atoms with Crippen molar-refractivity contribution in [1.82, 2.24) is 0 Å². The van der Waals surface area contributed by atoms with Crippen LogP contribution in [0.5, 0.6) is 0 Å². The summed E-state index contributed by atoms with van der Waals surface area (Å²) in [5.41, 5.74) is 1.22. The number of hydrogen-bond donors (Lipinski definition) is 0. The maximum atomic E-state index is 5.60. The van der Waals surface area contributed by atoms with Crippen LogP contribution in [0.3, 0.4) is 0 Å². The van der Waals surface area contributed by atoms with Gasteiger partial charge in [-0.15, -0.1) is 0 Å². The maximum absolute atomic E-state index is 5.60. The second kappa shape index (κ2) is 5.29. The van der Waals surface area contributed by atoms with E-state index in [4.69, 9.17) is 9.47 Å². The van der Waals surface area contributed by atoms with E-state index in [9.17, 15) is 0 Å². The van der Waals surface area contributed by atoms with Crippen molar-refractivity contribution in [2.45, 2.75) is 38.6 Å². The number of rotatable bonds is 6. The van der Waals surface area contributed by atoms with Gasteiger partial charge in [0.1, 0.15) is 6.10 Å². The standard InChI is InChI=1S/C13H18O2/c1-2-3-7-10-14-13-12(15-13)11-8-5-4-6-9-11/h4-6,8-9,12-13H,2-3,7,10H2,1H3. The van der Waals surface area contributed by atoms with Crippen LogP contribution in [-0.2, 0) is 9.47 Å². The molecule has 2 atom stereocenters. The van der Waals surface area contributed by atoms with Crippen LogP contribution in [0.15, 0.2) is 30.3 Å². The molecule has 2 heteroatoms. The fraction of sp³-hybridized carbons (Fsp3) is 0.538. The molecule has 1 fully saturated rings. The van der Waals surface area contributed by atoms with Gasteiger partial charge in [-0.2, -0.15) is 0 Å².